The van der Waals surface area contributed by atoms with Crippen molar-refractivity contribution >= 4 is 11.8 Å². The van der Waals surface area contributed by atoms with Crippen molar-refractivity contribution in [3.63, 3.8) is 0 Å². The highest BCUT2D eigenvalue weighted by Gasteiger charge is 2.14. The zero-order chi connectivity index (χ0) is 21.3. The van der Waals surface area contributed by atoms with Crippen molar-refractivity contribution in [3.05, 3.63) is 65.5 Å². The summed E-state index contributed by atoms with van der Waals surface area (Å²) in [5.74, 6) is -0.180. The summed E-state index contributed by atoms with van der Waals surface area (Å²) in [6.45, 7) is 7.26. The van der Waals surface area contributed by atoms with Crippen molar-refractivity contribution in [2.75, 3.05) is 19.7 Å². The Kier molecular flexibility index (Phi) is 8.19. The highest BCUT2D eigenvalue weighted by molar-refractivity contribution is 5.96. The zero-order valence-corrected chi connectivity index (χ0v) is 17.3. The second-order valence-electron chi connectivity index (χ2n) is 7.87. The Morgan fingerprint density at radius 3 is 2.21 bits per heavy atom. The maximum absolute atomic E-state index is 12.8. The third-order valence-corrected chi connectivity index (χ3v) is 4.40. The Morgan fingerprint density at radius 2 is 1.59 bits per heavy atom. The minimum absolute atomic E-state index is 0.0267. The molecule has 0 fully saturated rings. The summed E-state index contributed by atoms with van der Waals surface area (Å²) in [5, 5.41) is 5.39. The predicted molar refractivity (Wildman–Crippen MR) is 112 cm³/mol. The van der Waals surface area contributed by atoms with Crippen LogP contribution in [0.15, 0.2) is 48.5 Å². The Labute approximate surface area is 171 Å². The second-order valence-corrected chi connectivity index (χ2v) is 7.87. The molecular formula is C23H29FN2O3. The highest BCUT2D eigenvalue weighted by Crippen LogP contribution is 2.22. The van der Waals surface area contributed by atoms with E-state index in [1.54, 1.807) is 24.3 Å². The van der Waals surface area contributed by atoms with Gasteiger partial charge in [0.1, 0.15) is 11.6 Å². The van der Waals surface area contributed by atoms with Gasteiger partial charge in [-0.25, -0.2) is 4.39 Å². The number of amides is 2. The number of carbonyl (C=O) groups is 2. The maximum Gasteiger partial charge on any atom is 0.251 e. The molecule has 5 nitrogen and oxygen atoms in total. The Hall–Kier alpha value is -2.89. The van der Waals surface area contributed by atoms with Crippen LogP contribution in [0.25, 0.3) is 0 Å². The minimum Gasteiger partial charge on any atom is -0.494 e. The molecule has 0 aliphatic rings. The van der Waals surface area contributed by atoms with Gasteiger partial charge in [-0.3, -0.25) is 9.59 Å². The summed E-state index contributed by atoms with van der Waals surface area (Å²) in [5.41, 5.74) is 1.71. The van der Waals surface area contributed by atoms with E-state index in [1.165, 1.54) is 12.1 Å². The zero-order valence-electron chi connectivity index (χ0n) is 17.3. The summed E-state index contributed by atoms with van der Waals surface area (Å²) in [6, 6.07) is 13.3. The highest BCUT2D eigenvalue weighted by atomic mass is 19.1. The first-order chi connectivity index (χ1) is 13.8. The van der Waals surface area contributed by atoms with Crippen molar-refractivity contribution in [3.8, 4) is 5.75 Å². The number of rotatable bonds is 9. The topological polar surface area (TPSA) is 67.4 Å². The molecule has 0 aliphatic heterocycles. The van der Waals surface area contributed by atoms with E-state index < -0.39 is 0 Å². The van der Waals surface area contributed by atoms with E-state index in [9.17, 15) is 14.0 Å². The number of ether oxygens (including phenoxy) is 1. The summed E-state index contributed by atoms with van der Waals surface area (Å²) >= 11 is 0. The largest absolute Gasteiger partial charge is 0.494 e. The predicted octanol–water partition coefficient (Wildman–Crippen LogP) is 3.83. The number of hydrogen-bond acceptors (Lipinski definition) is 3. The molecule has 0 saturated carbocycles. The molecule has 2 N–H and O–H groups in total. The van der Waals surface area contributed by atoms with Gasteiger partial charge in [0, 0.05) is 12.1 Å². The molecule has 0 aliphatic carbocycles. The standard InChI is InChI=1S/C23H29FN2O3/c1-23(2,3)18-8-6-17(7-9-18)22(28)26-16-21(27)25-14-4-5-15-29-20-12-10-19(24)11-13-20/h6-13H,4-5,14-16H2,1-3H3,(H,25,27)(H,26,28). The average Bonchev–Trinajstić information content (AvgIpc) is 2.69. The van der Waals surface area contributed by atoms with E-state index in [4.69, 9.17) is 4.74 Å². The van der Waals surface area contributed by atoms with E-state index in [2.05, 4.69) is 31.4 Å². The van der Waals surface area contributed by atoms with E-state index in [1.807, 2.05) is 12.1 Å². The van der Waals surface area contributed by atoms with Crippen LogP contribution in [0.5, 0.6) is 5.75 Å². The molecule has 0 bridgehead atoms. The summed E-state index contributed by atoms with van der Waals surface area (Å²) in [6.07, 6.45) is 1.50. The average molecular weight is 400 g/mol. The lowest BCUT2D eigenvalue weighted by Gasteiger charge is -2.19. The maximum atomic E-state index is 12.8. The normalized spacial score (nSPS) is 11.0. The van der Waals surface area contributed by atoms with Gasteiger partial charge in [0.25, 0.3) is 5.91 Å². The molecule has 156 valence electrons. The molecule has 2 aromatic rings. The van der Waals surface area contributed by atoms with Gasteiger partial charge in [-0.05, 0) is 60.2 Å². The number of nitrogens with one attached hydrogen (secondary N) is 2. The fourth-order valence-corrected chi connectivity index (χ4v) is 2.62. The van der Waals surface area contributed by atoms with Crippen molar-refractivity contribution in [2.24, 2.45) is 0 Å². The molecular weight excluding hydrogens is 371 g/mol. The molecule has 2 aromatic carbocycles. The van der Waals surface area contributed by atoms with Gasteiger partial charge >= 0.3 is 0 Å². The van der Waals surface area contributed by atoms with E-state index in [0.717, 1.165) is 18.4 Å². The first kappa shape index (κ1) is 22.4. The third-order valence-electron chi connectivity index (χ3n) is 4.40. The quantitative estimate of drug-likeness (QED) is 0.629. The number of halogens is 1. The van der Waals surface area contributed by atoms with Crippen LogP contribution in [-0.4, -0.2) is 31.5 Å². The van der Waals surface area contributed by atoms with Crippen LogP contribution in [0, 0.1) is 5.82 Å². The summed E-state index contributed by atoms with van der Waals surface area (Å²) in [4.78, 5) is 24.0. The fraction of sp³-hybridized carbons (Fsp3) is 0.391. The molecule has 0 saturated heterocycles. The smallest absolute Gasteiger partial charge is 0.251 e. The molecule has 29 heavy (non-hydrogen) atoms. The van der Waals surface area contributed by atoms with Gasteiger partial charge in [-0.1, -0.05) is 32.9 Å². The van der Waals surface area contributed by atoms with Crippen LogP contribution in [0.4, 0.5) is 4.39 Å². The van der Waals surface area contributed by atoms with E-state index in [0.29, 0.717) is 24.5 Å². The van der Waals surface area contributed by atoms with Gasteiger partial charge in [0.05, 0.1) is 13.2 Å². The van der Waals surface area contributed by atoms with Crippen molar-refractivity contribution < 1.29 is 18.7 Å². The Balaban J connectivity index is 1.59. The van der Waals surface area contributed by atoms with Crippen molar-refractivity contribution in [2.45, 2.75) is 39.0 Å². The van der Waals surface area contributed by atoms with Crippen LogP contribution in [0.2, 0.25) is 0 Å². The number of carbonyl (C=O) groups excluding carboxylic acids is 2. The van der Waals surface area contributed by atoms with Gasteiger partial charge < -0.3 is 15.4 Å². The molecule has 6 heteroatoms. The number of benzene rings is 2. The molecule has 0 spiro atoms. The third kappa shape index (κ3) is 7.94. The first-order valence-corrected chi connectivity index (χ1v) is 9.79. The SMILES string of the molecule is CC(C)(C)c1ccc(C(=O)NCC(=O)NCCCCOc2ccc(F)cc2)cc1. The van der Waals surface area contributed by atoms with Crippen molar-refractivity contribution in [1.29, 1.82) is 0 Å². The van der Waals surface area contributed by atoms with Crippen LogP contribution < -0.4 is 15.4 Å². The van der Waals surface area contributed by atoms with Gasteiger partial charge in [-0.2, -0.15) is 0 Å². The molecule has 0 radical (unpaired) electrons. The molecule has 2 rings (SSSR count). The lowest BCUT2D eigenvalue weighted by atomic mass is 9.87. The van der Waals surface area contributed by atoms with Crippen LogP contribution in [0.3, 0.4) is 0 Å². The monoisotopic (exact) mass is 400 g/mol. The lowest BCUT2D eigenvalue weighted by Crippen LogP contribution is -2.37. The van der Waals surface area contributed by atoms with Gasteiger partial charge in [0.15, 0.2) is 0 Å². The van der Waals surface area contributed by atoms with Gasteiger partial charge in [0.2, 0.25) is 5.91 Å². The van der Waals surface area contributed by atoms with Gasteiger partial charge in [-0.15, -0.1) is 0 Å². The minimum atomic E-state index is -0.297. The molecule has 0 aromatic heterocycles. The lowest BCUT2D eigenvalue weighted by molar-refractivity contribution is -0.120. The molecule has 0 atom stereocenters. The second kappa shape index (κ2) is 10.6. The Bertz CT molecular complexity index is 796. The number of hydrogen-bond donors (Lipinski definition) is 2. The van der Waals surface area contributed by atoms with Crippen LogP contribution >= 0.6 is 0 Å². The first-order valence-electron chi connectivity index (χ1n) is 9.79. The van der Waals surface area contributed by atoms with Crippen LogP contribution in [-0.2, 0) is 10.2 Å². The van der Waals surface area contributed by atoms with Crippen molar-refractivity contribution in [1.82, 2.24) is 10.6 Å². The molecule has 0 heterocycles. The van der Waals surface area contributed by atoms with Crippen LogP contribution in [0.1, 0.15) is 49.5 Å². The summed E-state index contributed by atoms with van der Waals surface area (Å²) in [7, 11) is 0. The van der Waals surface area contributed by atoms with E-state index >= 15 is 0 Å². The molecule has 0 unspecified atom stereocenters. The van der Waals surface area contributed by atoms with E-state index in [-0.39, 0.29) is 29.6 Å². The Morgan fingerprint density at radius 1 is 0.931 bits per heavy atom. The number of unbranched alkanes of at least 4 members (excludes halogenated alkanes) is 1. The fourth-order valence-electron chi connectivity index (χ4n) is 2.62. The summed E-state index contributed by atoms with van der Waals surface area (Å²) < 4.78 is 18.3. The molecule has 2 amide bonds.